The molecular weight excluding hydrogens is 323 g/mol. The van der Waals surface area contributed by atoms with Gasteiger partial charge in [-0.2, -0.15) is 0 Å². The number of anilines is 2. The minimum atomic E-state index is -0.483. The van der Waals surface area contributed by atoms with E-state index in [0.717, 1.165) is 6.07 Å². The standard InChI is InChI=1S/C16H14ClFN2O3/c1-10(21)19-12-3-5-13(6-4-12)23-9-16(22)20-15-7-2-11(18)8-14(15)17/h2-8H,9H2,1H3,(H,19,21)(H,20,22). The Balaban J connectivity index is 1.87. The maximum absolute atomic E-state index is 12.9. The van der Waals surface area contributed by atoms with E-state index in [1.807, 2.05) is 0 Å². The number of nitrogens with one attached hydrogen (secondary N) is 2. The number of hydrogen-bond acceptors (Lipinski definition) is 3. The number of carbonyl (C=O) groups is 2. The number of ether oxygens (including phenoxy) is 1. The normalized spacial score (nSPS) is 10.0. The van der Waals surface area contributed by atoms with Crippen LogP contribution in [-0.2, 0) is 9.59 Å². The second kappa shape index (κ2) is 7.60. The Labute approximate surface area is 137 Å². The first-order chi connectivity index (χ1) is 10.9. The van der Waals surface area contributed by atoms with Crippen LogP contribution in [0, 0.1) is 5.82 Å². The molecule has 0 aliphatic rings. The summed E-state index contributed by atoms with van der Waals surface area (Å²) < 4.78 is 18.2. The Morgan fingerprint density at radius 2 is 1.83 bits per heavy atom. The van der Waals surface area contributed by atoms with Crippen molar-refractivity contribution in [3.05, 3.63) is 53.3 Å². The second-order valence-electron chi connectivity index (χ2n) is 4.67. The van der Waals surface area contributed by atoms with Gasteiger partial charge in [-0.05, 0) is 42.5 Å². The highest BCUT2D eigenvalue weighted by Crippen LogP contribution is 2.22. The van der Waals surface area contributed by atoms with Crippen molar-refractivity contribution in [2.45, 2.75) is 6.92 Å². The molecule has 2 aromatic rings. The third-order valence-electron chi connectivity index (χ3n) is 2.75. The average molecular weight is 337 g/mol. The van der Waals surface area contributed by atoms with Gasteiger partial charge in [0, 0.05) is 12.6 Å². The largest absolute Gasteiger partial charge is 0.484 e. The molecule has 2 aromatic carbocycles. The molecule has 0 fully saturated rings. The summed E-state index contributed by atoms with van der Waals surface area (Å²) in [7, 11) is 0. The van der Waals surface area contributed by atoms with E-state index < -0.39 is 11.7 Å². The molecule has 5 nitrogen and oxygen atoms in total. The van der Waals surface area contributed by atoms with E-state index >= 15 is 0 Å². The van der Waals surface area contributed by atoms with Crippen LogP contribution in [0.15, 0.2) is 42.5 Å². The molecule has 0 aromatic heterocycles. The van der Waals surface area contributed by atoms with Gasteiger partial charge >= 0.3 is 0 Å². The number of benzene rings is 2. The average Bonchev–Trinajstić information content (AvgIpc) is 2.49. The quantitative estimate of drug-likeness (QED) is 0.878. The zero-order valence-electron chi connectivity index (χ0n) is 12.2. The van der Waals surface area contributed by atoms with Crippen LogP contribution in [0.3, 0.4) is 0 Å². The topological polar surface area (TPSA) is 67.4 Å². The number of halogens is 2. The third kappa shape index (κ3) is 5.27. The molecule has 0 aliphatic heterocycles. The lowest BCUT2D eigenvalue weighted by atomic mass is 10.3. The summed E-state index contributed by atoms with van der Waals surface area (Å²) in [5, 5.41) is 5.26. The number of carbonyl (C=O) groups excluding carboxylic acids is 2. The smallest absolute Gasteiger partial charge is 0.262 e. The lowest BCUT2D eigenvalue weighted by Gasteiger charge is -2.09. The van der Waals surface area contributed by atoms with Crippen LogP contribution in [0.1, 0.15) is 6.92 Å². The summed E-state index contributed by atoms with van der Waals surface area (Å²) >= 11 is 5.82. The Bertz CT molecular complexity index is 720. The molecule has 0 unspecified atom stereocenters. The lowest BCUT2D eigenvalue weighted by Crippen LogP contribution is -2.20. The van der Waals surface area contributed by atoms with Crippen molar-refractivity contribution < 1.29 is 18.7 Å². The van der Waals surface area contributed by atoms with E-state index in [0.29, 0.717) is 17.1 Å². The predicted molar refractivity (Wildman–Crippen MR) is 86.3 cm³/mol. The van der Waals surface area contributed by atoms with Gasteiger partial charge in [0.25, 0.3) is 5.91 Å². The Morgan fingerprint density at radius 1 is 1.13 bits per heavy atom. The SMILES string of the molecule is CC(=O)Nc1ccc(OCC(=O)Nc2ccc(F)cc2Cl)cc1. The molecule has 120 valence electrons. The number of rotatable bonds is 5. The monoisotopic (exact) mass is 336 g/mol. The predicted octanol–water partition coefficient (Wildman–Crippen LogP) is 3.46. The van der Waals surface area contributed by atoms with Gasteiger partial charge in [-0.25, -0.2) is 4.39 Å². The molecular formula is C16H14ClFN2O3. The molecule has 2 rings (SSSR count). The van der Waals surface area contributed by atoms with Crippen molar-refractivity contribution in [3.8, 4) is 5.75 Å². The minimum absolute atomic E-state index is 0.109. The van der Waals surface area contributed by atoms with E-state index in [1.165, 1.54) is 19.1 Å². The van der Waals surface area contributed by atoms with Gasteiger partial charge < -0.3 is 15.4 Å². The Morgan fingerprint density at radius 3 is 2.43 bits per heavy atom. The Kier molecular flexibility index (Phi) is 5.54. The summed E-state index contributed by atoms with van der Waals surface area (Å²) in [6.45, 7) is 1.18. The molecule has 2 amide bonds. The molecule has 0 atom stereocenters. The summed E-state index contributed by atoms with van der Waals surface area (Å²) in [4.78, 5) is 22.7. The van der Waals surface area contributed by atoms with Crippen molar-refractivity contribution in [1.29, 1.82) is 0 Å². The van der Waals surface area contributed by atoms with Crippen LogP contribution in [0.2, 0.25) is 5.02 Å². The van der Waals surface area contributed by atoms with Gasteiger partial charge in [0.1, 0.15) is 11.6 Å². The maximum Gasteiger partial charge on any atom is 0.262 e. The third-order valence-corrected chi connectivity index (χ3v) is 3.06. The van der Waals surface area contributed by atoms with Gasteiger partial charge in [-0.1, -0.05) is 11.6 Å². The fourth-order valence-corrected chi connectivity index (χ4v) is 1.98. The van der Waals surface area contributed by atoms with Gasteiger partial charge in [0.15, 0.2) is 6.61 Å². The van der Waals surface area contributed by atoms with E-state index in [9.17, 15) is 14.0 Å². The van der Waals surface area contributed by atoms with Crippen LogP contribution < -0.4 is 15.4 Å². The van der Waals surface area contributed by atoms with Crippen LogP contribution >= 0.6 is 11.6 Å². The maximum atomic E-state index is 12.9. The van der Waals surface area contributed by atoms with Crippen LogP contribution in [-0.4, -0.2) is 18.4 Å². The molecule has 0 heterocycles. The zero-order valence-corrected chi connectivity index (χ0v) is 13.0. The van der Waals surface area contributed by atoms with Crippen molar-refractivity contribution >= 4 is 34.8 Å². The second-order valence-corrected chi connectivity index (χ2v) is 5.07. The first kappa shape index (κ1) is 16.8. The van der Waals surface area contributed by atoms with E-state index in [4.69, 9.17) is 16.3 Å². The summed E-state index contributed by atoms with van der Waals surface area (Å²) in [6.07, 6.45) is 0. The van der Waals surface area contributed by atoms with Crippen LogP contribution in [0.4, 0.5) is 15.8 Å². The zero-order chi connectivity index (χ0) is 16.8. The van der Waals surface area contributed by atoms with Gasteiger partial charge in [0.2, 0.25) is 5.91 Å². The summed E-state index contributed by atoms with van der Waals surface area (Å²) in [6, 6.07) is 10.3. The lowest BCUT2D eigenvalue weighted by molar-refractivity contribution is -0.118. The molecule has 2 N–H and O–H groups in total. The summed E-state index contributed by atoms with van der Waals surface area (Å²) in [5.74, 6) is -0.610. The summed E-state index contributed by atoms with van der Waals surface area (Å²) in [5.41, 5.74) is 0.940. The minimum Gasteiger partial charge on any atom is -0.484 e. The van der Waals surface area contributed by atoms with Crippen LogP contribution in [0.25, 0.3) is 0 Å². The fourth-order valence-electron chi connectivity index (χ4n) is 1.76. The van der Waals surface area contributed by atoms with E-state index in [2.05, 4.69) is 10.6 Å². The molecule has 0 spiro atoms. The van der Waals surface area contributed by atoms with E-state index in [-0.39, 0.29) is 17.5 Å². The van der Waals surface area contributed by atoms with Gasteiger partial charge in [-0.15, -0.1) is 0 Å². The number of amides is 2. The highest BCUT2D eigenvalue weighted by molar-refractivity contribution is 6.33. The molecule has 0 bridgehead atoms. The van der Waals surface area contributed by atoms with Crippen LogP contribution in [0.5, 0.6) is 5.75 Å². The first-order valence-electron chi connectivity index (χ1n) is 6.69. The van der Waals surface area contributed by atoms with Gasteiger partial charge in [0.05, 0.1) is 10.7 Å². The highest BCUT2D eigenvalue weighted by atomic mass is 35.5. The molecule has 0 saturated heterocycles. The molecule has 0 saturated carbocycles. The van der Waals surface area contributed by atoms with Crippen molar-refractivity contribution in [3.63, 3.8) is 0 Å². The van der Waals surface area contributed by atoms with Crippen molar-refractivity contribution in [1.82, 2.24) is 0 Å². The van der Waals surface area contributed by atoms with E-state index in [1.54, 1.807) is 24.3 Å². The molecule has 0 aliphatic carbocycles. The molecule has 23 heavy (non-hydrogen) atoms. The van der Waals surface area contributed by atoms with Crippen molar-refractivity contribution in [2.24, 2.45) is 0 Å². The fraction of sp³-hybridized carbons (Fsp3) is 0.125. The molecule has 7 heteroatoms. The van der Waals surface area contributed by atoms with Gasteiger partial charge in [-0.3, -0.25) is 9.59 Å². The Hall–Kier alpha value is -2.60. The van der Waals surface area contributed by atoms with Crippen molar-refractivity contribution in [2.75, 3.05) is 17.2 Å². The highest BCUT2D eigenvalue weighted by Gasteiger charge is 2.08. The first-order valence-corrected chi connectivity index (χ1v) is 7.07. The number of hydrogen-bond donors (Lipinski definition) is 2. The molecule has 0 radical (unpaired) electrons.